The first-order valence-corrected chi connectivity index (χ1v) is 14.5. The van der Waals surface area contributed by atoms with E-state index in [-0.39, 0.29) is 6.61 Å². The van der Waals surface area contributed by atoms with Crippen molar-refractivity contribution in [1.29, 1.82) is 0 Å². The molecule has 1 rings (SSSR count). The molecule has 0 bridgehead atoms. The zero-order valence-electron chi connectivity index (χ0n) is 19.6. The number of unbranched alkanes of at least 4 members (excludes halogenated alkanes) is 9. The van der Waals surface area contributed by atoms with Gasteiger partial charge in [0.15, 0.2) is 0 Å². The average Bonchev–Trinajstić information content (AvgIpc) is 2.72. The SMILES string of the molecule is CCCCCC[P+](CCCCCC)(CCCCCC)c1ccccc1.CC[O-]. The third-order valence-corrected chi connectivity index (χ3v) is 10.5. The van der Waals surface area contributed by atoms with Gasteiger partial charge in [0, 0.05) is 7.26 Å². The molecule has 0 radical (unpaired) electrons. The second-order valence-electron chi connectivity index (χ2n) is 8.12. The molecule has 164 valence electrons. The molecule has 0 saturated heterocycles. The van der Waals surface area contributed by atoms with Crippen LogP contribution in [-0.4, -0.2) is 25.1 Å². The van der Waals surface area contributed by atoms with E-state index in [2.05, 4.69) is 51.1 Å². The molecule has 0 atom stereocenters. The summed E-state index contributed by atoms with van der Waals surface area (Å²) in [7, 11) is -0.969. The Bertz CT molecular complexity index is 386. The van der Waals surface area contributed by atoms with Gasteiger partial charge in [0.1, 0.15) is 0 Å². The van der Waals surface area contributed by atoms with Crippen molar-refractivity contribution in [3.8, 4) is 0 Å². The Morgan fingerprint density at radius 2 is 0.929 bits per heavy atom. The first-order valence-electron chi connectivity index (χ1n) is 12.2. The lowest BCUT2D eigenvalue weighted by molar-refractivity contribution is -0.361. The summed E-state index contributed by atoms with van der Waals surface area (Å²) in [5.74, 6) is 0. The van der Waals surface area contributed by atoms with Gasteiger partial charge in [-0.1, -0.05) is 84.4 Å². The van der Waals surface area contributed by atoms with Crippen LogP contribution in [0, 0.1) is 0 Å². The standard InChI is InChI=1S/C24H44P.C2H5O/c1-4-7-10-16-21-25(22-17-11-8-5-2,23-18-12-9-6-3)24-19-14-13-15-20-24;1-2-3/h13-15,19-20H,4-12,16-18,21-23H2,1-3H3;2H2,1H3/q+1;-1. The molecule has 0 spiro atoms. The molecule has 0 aromatic heterocycles. The Morgan fingerprint density at radius 3 is 1.25 bits per heavy atom. The predicted molar refractivity (Wildman–Crippen MR) is 131 cm³/mol. The van der Waals surface area contributed by atoms with Crippen LogP contribution in [0.25, 0.3) is 0 Å². The van der Waals surface area contributed by atoms with Gasteiger partial charge in [0.25, 0.3) is 0 Å². The van der Waals surface area contributed by atoms with Crippen molar-refractivity contribution in [2.24, 2.45) is 0 Å². The molecule has 0 saturated carbocycles. The molecule has 0 N–H and O–H groups in total. The molecule has 0 aliphatic carbocycles. The maximum absolute atomic E-state index is 8.93. The fraction of sp³-hybridized carbons (Fsp3) is 0.769. The van der Waals surface area contributed by atoms with Crippen LogP contribution >= 0.6 is 7.26 Å². The Morgan fingerprint density at radius 1 is 0.571 bits per heavy atom. The summed E-state index contributed by atoms with van der Waals surface area (Å²) < 4.78 is 0. The summed E-state index contributed by atoms with van der Waals surface area (Å²) in [5, 5.41) is 10.7. The molecule has 28 heavy (non-hydrogen) atoms. The van der Waals surface area contributed by atoms with Gasteiger partial charge in [-0.25, -0.2) is 0 Å². The van der Waals surface area contributed by atoms with E-state index in [1.165, 1.54) is 95.5 Å². The van der Waals surface area contributed by atoms with Crippen molar-refractivity contribution < 1.29 is 5.11 Å². The maximum Gasteiger partial charge on any atom is 0.0939 e. The number of rotatable bonds is 16. The summed E-state index contributed by atoms with van der Waals surface area (Å²) in [5.41, 5.74) is 0. The van der Waals surface area contributed by atoms with E-state index >= 15 is 0 Å². The summed E-state index contributed by atoms with van der Waals surface area (Å²) in [6, 6.07) is 11.7. The highest BCUT2D eigenvalue weighted by atomic mass is 31.2. The lowest BCUT2D eigenvalue weighted by atomic mass is 10.2. The summed E-state index contributed by atoms with van der Waals surface area (Å²) >= 11 is 0. The van der Waals surface area contributed by atoms with Gasteiger partial charge in [-0.15, -0.1) is 6.61 Å². The Hall–Kier alpha value is -0.390. The molecule has 1 aromatic carbocycles. The maximum atomic E-state index is 8.93. The molecule has 0 aliphatic rings. The van der Waals surface area contributed by atoms with Crippen LogP contribution < -0.4 is 10.4 Å². The first-order chi connectivity index (χ1) is 13.7. The van der Waals surface area contributed by atoms with Crippen LogP contribution in [-0.2, 0) is 0 Å². The van der Waals surface area contributed by atoms with Crippen LogP contribution in [0.1, 0.15) is 105 Å². The molecule has 2 heteroatoms. The highest BCUT2D eigenvalue weighted by Crippen LogP contribution is 2.59. The second kappa shape index (κ2) is 19.9. The molecular weight excluding hydrogens is 359 g/mol. The van der Waals surface area contributed by atoms with Crippen molar-refractivity contribution in [3.05, 3.63) is 30.3 Å². The van der Waals surface area contributed by atoms with Gasteiger partial charge in [0.05, 0.1) is 23.8 Å². The van der Waals surface area contributed by atoms with E-state index in [4.69, 9.17) is 5.11 Å². The largest absolute Gasteiger partial charge is 0.855 e. The van der Waals surface area contributed by atoms with E-state index in [0.29, 0.717) is 0 Å². The third kappa shape index (κ3) is 12.9. The van der Waals surface area contributed by atoms with Crippen LogP contribution in [0.5, 0.6) is 0 Å². The first kappa shape index (κ1) is 27.6. The minimum atomic E-state index is -0.969. The minimum absolute atomic E-state index is 0. The molecule has 1 aromatic rings. The lowest BCUT2D eigenvalue weighted by Gasteiger charge is -2.28. The molecule has 0 amide bonds. The van der Waals surface area contributed by atoms with Crippen molar-refractivity contribution >= 4 is 12.6 Å². The minimum Gasteiger partial charge on any atom is -0.855 e. The van der Waals surface area contributed by atoms with Crippen molar-refractivity contribution in [3.63, 3.8) is 0 Å². The van der Waals surface area contributed by atoms with Gasteiger partial charge >= 0.3 is 0 Å². The van der Waals surface area contributed by atoms with Gasteiger partial charge < -0.3 is 5.11 Å². The molecule has 0 fully saturated rings. The predicted octanol–water partition coefficient (Wildman–Crippen LogP) is 7.44. The van der Waals surface area contributed by atoms with E-state index in [9.17, 15) is 0 Å². The molecule has 0 heterocycles. The van der Waals surface area contributed by atoms with Crippen molar-refractivity contribution in [2.45, 2.75) is 105 Å². The number of hydrogen-bond donors (Lipinski definition) is 0. The third-order valence-electron chi connectivity index (χ3n) is 5.62. The smallest absolute Gasteiger partial charge is 0.0939 e. The topological polar surface area (TPSA) is 23.1 Å². The van der Waals surface area contributed by atoms with E-state index < -0.39 is 7.26 Å². The highest BCUT2D eigenvalue weighted by molar-refractivity contribution is 7.82. The van der Waals surface area contributed by atoms with E-state index in [0.717, 1.165) is 0 Å². The van der Waals surface area contributed by atoms with Crippen LogP contribution in [0.15, 0.2) is 30.3 Å². The van der Waals surface area contributed by atoms with Crippen molar-refractivity contribution in [1.82, 2.24) is 0 Å². The lowest BCUT2D eigenvalue weighted by Crippen LogP contribution is -2.21. The highest BCUT2D eigenvalue weighted by Gasteiger charge is 2.38. The quantitative estimate of drug-likeness (QED) is 0.206. The van der Waals surface area contributed by atoms with E-state index in [1.54, 1.807) is 12.2 Å². The van der Waals surface area contributed by atoms with E-state index in [1.807, 2.05) is 0 Å². The fourth-order valence-corrected chi connectivity index (χ4v) is 8.73. The van der Waals surface area contributed by atoms with Gasteiger partial charge in [-0.05, 0) is 50.7 Å². The molecule has 1 nitrogen and oxygen atoms in total. The Kier molecular flexibility index (Phi) is 19.6. The normalized spacial score (nSPS) is 11.2. The Labute approximate surface area is 178 Å². The summed E-state index contributed by atoms with van der Waals surface area (Å²) in [4.78, 5) is 0. The van der Waals surface area contributed by atoms with Gasteiger partial charge in [-0.2, -0.15) is 0 Å². The van der Waals surface area contributed by atoms with Gasteiger partial charge in [-0.3, -0.25) is 0 Å². The zero-order valence-corrected chi connectivity index (χ0v) is 20.5. The fourth-order valence-electron chi connectivity index (χ4n) is 3.99. The monoisotopic (exact) mass is 408 g/mol. The van der Waals surface area contributed by atoms with Crippen molar-refractivity contribution in [2.75, 3.05) is 25.1 Å². The Balaban J connectivity index is 0.00000227. The van der Waals surface area contributed by atoms with Gasteiger partial charge in [0.2, 0.25) is 0 Å². The van der Waals surface area contributed by atoms with Crippen LogP contribution in [0.4, 0.5) is 0 Å². The molecule has 0 unspecified atom stereocenters. The molecule has 0 aliphatic heterocycles. The average molecular weight is 409 g/mol. The van der Waals surface area contributed by atoms with Crippen LogP contribution in [0.2, 0.25) is 0 Å². The van der Waals surface area contributed by atoms with Crippen LogP contribution in [0.3, 0.4) is 0 Å². The number of hydrogen-bond acceptors (Lipinski definition) is 1. The zero-order chi connectivity index (χ0) is 20.9. The summed E-state index contributed by atoms with van der Waals surface area (Å²) in [6.45, 7) is 8.55. The molecular formula is C26H49OP. The number of benzene rings is 1. The second-order valence-corrected chi connectivity index (χ2v) is 12.3. The summed E-state index contributed by atoms with van der Waals surface area (Å²) in [6.07, 6.45) is 21.5.